The van der Waals surface area contributed by atoms with Crippen LogP contribution < -0.4 is 10.6 Å². The van der Waals surface area contributed by atoms with Gasteiger partial charge in [0.1, 0.15) is 5.69 Å². The minimum absolute atomic E-state index is 0.226. The van der Waals surface area contributed by atoms with E-state index in [1.54, 1.807) is 30.6 Å². The molecule has 0 atom stereocenters. The van der Waals surface area contributed by atoms with Crippen LogP contribution in [0.1, 0.15) is 29.5 Å². The Labute approximate surface area is 117 Å². The molecule has 0 aliphatic heterocycles. The SMILES string of the molecule is CCCNc1ccnc(C(=O)NCc2cccnn2)c1. The molecule has 20 heavy (non-hydrogen) atoms. The van der Waals surface area contributed by atoms with Gasteiger partial charge in [0.15, 0.2) is 0 Å². The summed E-state index contributed by atoms with van der Waals surface area (Å²) in [6.45, 7) is 3.29. The van der Waals surface area contributed by atoms with Crippen molar-refractivity contribution < 1.29 is 4.79 Å². The van der Waals surface area contributed by atoms with Crippen LogP contribution in [0.3, 0.4) is 0 Å². The summed E-state index contributed by atoms with van der Waals surface area (Å²) in [4.78, 5) is 16.1. The van der Waals surface area contributed by atoms with Gasteiger partial charge in [0, 0.05) is 24.6 Å². The first-order valence-electron chi connectivity index (χ1n) is 6.54. The molecule has 2 heterocycles. The van der Waals surface area contributed by atoms with Crippen molar-refractivity contribution in [3.05, 3.63) is 48.0 Å². The molecule has 0 bridgehead atoms. The van der Waals surface area contributed by atoms with Crippen LogP contribution in [0, 0.1) is 0 Å². The predicted octanol–water partition coefficient (Wildman–Crippen LogP) is 1.62. The summed E-state index contributed by atoms with van der Waals surface area (Å²) in [6, 6.07) is 7.17. The van der Waals surface area contributed by atoms with E-state index in [2.05, 4.69) is 32.7 Å². The summed E-state index contributed by atoms with van der Waals surface area (Å²) < 4.78 is 0. The first-order valence-corrected chi connectivity index (χ1v) is 6.54. The summed E-state index contributed by atoms with van der Waals surface area (Å²) >= 11 is 0. The second kappa shape index (κ2) is 7.18. The number of anilines is 1. The molecule has 0 spiro atoms. The third-order valence-electron chi connectivity index (χ3n) is 2.63. The summed E-state index contributed by atoms with van der Waals surface area (Å²) in [7, 11) is 0. The number of rotatable bonds is 6. The Balaban J connectivity index is 1.95. The normalized spacial score (nSPS) is 10.1. The van der Waals surface area contributed by atoms with Crippen molar-refractivity contribution in [3.8, 4) is 0 Å². The first kappa shape index (κ1) is 13.9. The molecule has 0 aliphatic carbocycles. The minimum atomic E-state index is -0.226. The van der Waals surface area contributed by atoms with E-state index in [0.717, 1.165) is 18.7 Å². The Bertz CT molecular complexity index is 559. The van der Waals surface area contributed by atoms with Gasteiger partial charge in [-0.3, -0.25) is 9.78 Å². The summed E-state index contributed by atoms with van der Waals surface area (Å²) in [5.74, 6) is -0.226. The fourth-order valence-corrected chi connectivity index (χ4v) is 1.62. The Hall–Kier alpha value is -2.50. The molecule has 2 rings (SSSR count). The Morgan fingerprint density at radius 2 is 2.20 bits per heavy atom. The maximum atomic E-state index is 12.0. The number of pyridine rings is 1. The average Bonchev–Trinajstić information content (AvgIpc) is 2.52. The number of nitrogens with zero attached hydrogens (tertiary/aromatic N) is 3. The van der Waals surface area contributed by atoms with Crippen LogP contribution in [0.4, 0.5) is 5.69 Å². The molecule has 0 aliphatic rings. The predicted molar refractivity (Wildman–Crippen MR) is 76.2 cm³/mol. The number of amides is 1. The second-order valence-corrected chi connectivity index (χ2v) is 4.25. The maximum Gasteiger partial charge on any atom is 0.270 e. The lowest BCUT2D eigenvalue weighted by Crippen LogP contribution is -2.24. The molecule has 0 fully saturated rings. The van der Waals surface area contributed by atoms with E-state index < -0.39 is 0 Å². The van der Waals surface area contributed by atoms with E-state index >= 15 is 0 Å². The van der Waals surface area contributed by atoms with E-state index in [0.29, 0.717) is 17.9 Å². The lowest BCUT2D eigenvalue weighted by atomic mass is 10.3. The monoisotopic (exact) mass is 271 g/mol. The standard InChI is InChI=1S/C14H17N5O/c1-2-6-15-11-5-8-16-13(9-11)14(20)17-10-12-4-3-7-18-19-12/h3-5,7-9H,2,6,10H2,1H3,(H,15,16)(H,17,20). The van der Waals surface area contributed by atoms with Crippen molar-refractivity contribution in [2.75, 3.05) is 11.9 Å². The van der Waals surface area contributed by atoms with Gasteiger partial charge in [0.2, 0.25) is 0 Å². The van der Waals surface area contributed by atoms with Crippen molar-refractivity contribution in [1.82, 2.24) is 20.5 Å². The van der Waals surface area contributed by atoms with Crippen LogP contribution in [-0.2, 0) is 6.54 Å². The Morgan fingerprint density at radius 1 is 1.30 bits per heavy atom. The molecule has 6 heteroatoms. The number of hydrogen-bond donors (Lipinski definition) is 2. The van der Waals surface area contributed by atoms with Gasteiger partial charge in [-0.05, 0) is 30.7 Å². The molecule has 1 amide bonds. The summed E-state index contributed by atoms with van der Waals surface area (Å²) in [5, 5.41) is 13.6. The number of carbonyl (C=O) groups is 1. The number of nitrogens with one attached hydrogen (secondary N) is 2. The number of aromatic nitrogens is 3. The van der Waals surface area contributed by atoms with Crippen molar-refractivity contribution >= 4 is 11.6 Å². The van der Waals surface area contributed by atoms with Gasteiger partial charge in [-0.1, -0.05) is 6.92 Å². The van der Waals surface area contributed by atoms with E-state index in [-0.39, 0.29) is 5.91 Å². The van der Waals surface area contributed by atoms with Gasteiger partial charge in [0.25, 0.3) is 5.91 Å². The molecular weight excluding hydrogens is 254 g/mol. The third-order valence-corrected chi connectivity index (χ3v) is 2.63. The van der Waals surface area contributed by atoms with Crippen LogP contribution in [0.25, 0.3) is 0 Å². The lowest BCUT2D eigenvalue weighted by molar-refractivity contribution is 0.0945. The van der Waals surface area contributed by atoms with Crippen LogP contribution in [-0.4, -0.2) is 27.6 Å². The molecule has 2 aromatic rings. The highest BCUT2D eigenvalue weighted by atomic mass is 16.1. The fraction of sp³-hybridized carbons (Fsp3) is 0.286. The van der Waals surface area contributed by atoms with Crippen LogP contribution in [0.15, 0.2) is 36.7 Å². The van der Waals surface area contributed by atoms with E-state index in [4.69, 9.17) is 0 Å². The number of carbonyl (C=O) groups excluding carboxylic acids is 1. The molecule has 0 saturated heterocycles. The van der Waals surface area contributed by atoms with Crippen molar-refractivity contribution in [1.29, 1.82) is 0 Å². The Morgan fingerprint density at radius 3 is 2.95 bits per heavy atom. The highest BCUT2D eigenvalue weighted by molar-refractivity contribution is 5.93. The molecule has 0 saturated carbocycles. The van der Waals surface area contributed by atoms with Crippen LogP contribution >= 0.6 is 0 Å². The second-order valence-electron chi connectivity index (χ2n) is 4.25. The molecular formula is C14H17N5O. The minimum Gasteiger partial charge on any atom is -0.385 e. The van der Waals surface area contributed by atoms with Gasteiger partial charge in [0.05, 0.1) is 12.2 Å². The Kier molecular flexibility index (Phi) is 5.00. The molecule has 2 aromatic heterocycles. The summed E-state index contributed by atoms with van der Waals surface area (Å²) in [6.07, 6.45) is 4.24. The third kappa shape index (κ3) is 4.01. The molecule has 104 valence electrons. The largest absolute Gasteiger partial charge is 0.385 e. The van der Waals surface area contributed by atoms with Crippen molar-refractivity contribution in [2.24, 2.45) is 0 Å². The van der Waals surface area contributed by atoms with E-state index in [1.807, 2.05) is 6.07 Å². The maximum absolute atomic E-state index is 12.0. The van der Waals surface area contributed by atoms with E-state index in [1.165, 1.54) is 0 Å². The molecule has 0 radical (unpaired) electrons. The van der Waals surface area contributed by atoms with Crippen LogP contribution in [0.2, 0.25) is 0 Å². The molecule has 0 aromatic carbocycles. The molecule has 2 N–H and O–H groups in total. The zero-order chi connectivity index (χ0) is 14.2. The zero-order valence-electron chi connectivity index (χ0n) is 11.3. The topological polar surface area (TPSA) is 79.8 Å². The first-order chi connectivity index (χ1) is 9.79. The smallest absolute Gasteiger partial charge is 0.270 e. The van der Waals surface area contributed by atoms with Gasteiger partial charge in [-0.25, -0.2) is 0 Å². The number of hydrogen-bond acceptors (Lipinski definition) is 5. The van der Waals surface area contributed by atoms with Gasteiger partial charge in [-0.2, -0.15) is 10.2 Å². The summed E-state index contributed by atoms with van der Waals surface area (Å²) in [5.41, 5.74) is 1.99. The highest BCUT2D eigenvalue weighted by Gasteiger charge is 2.07. The van der Waals surface area contributed by atoms with Gasteiger partial charge < -0.3 is 10.6 Å². The van der Waals surface area contributed by atoms with Gasteiger partial charge in [-0.15, -0.1) is 0 Å². The van der Waals surface area contributed by atoms with Crippen LogP contribution in [0.5, 0.6) is 0 Å². The highest BCUT2D eigenvalue weighted by Crippen LogP contribution is 2.08. The molecule has 0 unspecified atom stereocenters. The fourth-order valence-electron chi connectivity index (χ4n) is 1.62. The average molecular weight is 271 g/mol. The van der Waals surface area contributed by atoms with Crippen molar-refractivity contribution in [3.63, 3.8) is 0 Å². The molecule has 6 nitrogen and oxygen atoms in total. The van der Waals surface area contributed by atoms with Gasteiger partial charge >= 0.3 is 0 Å². The van der Waals surface area contributed by atoms with Crippen molar-refractivity contribution in [2.45, 2.75) is 19.9 Å². The quantitative estimate of drug-likeness (QED) is 0.834. The lowest BCUT2D eigenvalue weighted by Gasteiger charge is -2.07. The zero-order valence-corrected chi connectivity index (χ0v) is 11.3. The van der Waals surface area contributed by atoms with E-state index in [9.17, 15) is 4.79 Å².